The van der Waals surface area contributed by atoms with Crippen LogP contribution >= 0.6 is 0 Å². The van der Waals surface area contributed by atoms with E-state index in [0.717, 1.165) is 0 Å². The Morgan fingerprint density at radius 2 is 2.35 bits per heavy atom. The molecule has 1 aromatic carbocycles. The van der Waals surface area contributed by atoms with Crippen LogP contribution in [0.2, 0.25) is 0 Å². The molecule has 0 aliphatic heterocycles. The van der Waals surface area contributed by atoms with Crippen molar-refractivity contribution in [3.05, 3.63) is 33.9 Å². The maximum absolute atomic E-state index is 10.7. The van der Waals surface area contributed by atoms with Crippen LogP contribution in [0.25, 0.3) is 0 Å². The smallest absolute Gasteiger partial charge is 0.332 e. The maximum Gasteiger partial charge on any atom is 0.332 e. The Kier molecular flexibility index (Phi) is 3.98. The van der Waals surface area contributed by atoms with E-state index in [9.17, 15) is 14.9 Å². The normalized spacial score (nSPS) is 10.2. The van der Waals surface area contributed by atoms with Crippen molar-refractivity contribution in [3.8, 4) is 5.75 Å². The van der Waals surface area contributed by atoms with E-state index in [-0.39, 0.29) is 11.4 Å². The van der Waals surface area contributed by atoms with Gasteiger partial charge in [0, 0.05) is 11.6 Å². The molecule has 0 aromatic heterocycles. The summed E-state index contributed by atoms with van der Waals surface area (Å²) < 4.78 is 4.83. The number of ether oxygens (including phenoxy) is 1. The monoisotopic (exact) mass is 238 g/mol. The lowest BCUT2D eigenvalue weighted by molar-refractivity contribution is -0.385. The van der Waals surface area contributed by atoms with Crippen molar-refractivity contribution < 1.29 is 14.5 Å². The van der Waals surface area contributed by atoms with Crippen LogP contribution in [0.1, 0.15) is 5.56 Å². The Bertz CT molecular complexity index is 472. The number of methoxy groups -OCH3 is 1. The van der Waals surface area contributed by atoms with Gasteiger partial charge in [-0.05, 0) is 12.1 Å². The number of nitrogens with two attached hydrogens (primary N) is 1. The molecule has 8 heteroatoms. The third-order valence-corrected chi connectivity index (χ3v) is 1.79. The second-order valence-corrected chi connectivity index (χ2v) is 2.92. The highest BCUT2D eigenvalue weighted by Crippen LogP contribution is 2.26. The van der Waals surface area contributed by atoms with Gasteiger partial charge in [0.1, 0.15) is 0 Å². The van der Waals surface area contributed by atoms with Crippen LogP contribution in [0, 0.1) is 10.1 Å². The first-order valence-corrected chi connectivity index (χ1v) is 4.45. The molecule has 0 heterocycles. The molecule has 2 amide bonds. The molecule has 0 spiro atoms. The summed E-state index contributed by atoms with van der Waals surface area (Å²) in [5.74, 6) is 0.148. The first-order valence-electron chi connectivity index (χ1n) is 4.45. The van der Waals surface area contributed by atoms with Crippen LogP contribution in [-0.2, 0) is 0 Å². The van der Waals surface area contributed by atoms with Gasteiger partial charge in [0.15, 0.2) is 5.75 Å². The number of amides is 2. The molecule has 0 saturated heterocycles. The summed E-state index contributed by atoms with van der Waals surface area (Å²) in [6.07, 6.45) is 1.23. The number of hydrogen-bond donors (Lipinski definition) is 2. The van der Waals surface area contributed by atoms with Crippen molar-refractivity contribution in [1.82, 2.24) is 5.43 Å². The predicted octanol–water partition coefficient (Wildman–Crippen LogP) is 0.606. The molecule has 8 nitrogen and oxygen atoms in total. The van der Waals surface area contributed by atoms with Gasteiger partial charge in [-0.1, -0.05) is 0 Å². The summed E-state index contributed by atoms with van der Waals surface area (Å²) >= 11 is 0. The van der Waals surface area contributed by atoms with Gasteiger partial charge in [0.05, 0.1) is 18.2 Å². The van der Waals surface area contributed by atoms with Crippen LogP contribution in [0.15, 0.2) is 23.3 Å². The molecule has 1 rings (SSSR count). The van der Waals surface area contributed by atoms with Crippen LogP contribution in [0.4, 0.5) is 10.5 Å². The van der Waals surface area contributed by atoms with Crippen LogP contribution in [0.3, 0.4) is 0 Å². The average molecular weight is 238 g/mol. The number of nitrogens with one attached hydrogen (secondary N) is 1. The van der Waals surface area contributed by atoms with Gasteiger partial charge < -0.3 is 10.5 Å². The van der Waals surface area contributed by atoms with Gasteiger partial charge in [-0.3, -0.25) is 10.1 Å². The standard InChI is InChI=1S/C9H10N4O4/c1-17-8-3-2-6(4-7(8)13(15)16)5-11-12-9(10)14/h2-5H,1H3,(H3,10,12,14)/b11-5-. The Labute approximate surface area is 96.2 Å². The largest absolute Gasteiger partial charge is 0.490 e. The molecule has 3 N–H and O–H groups in total. The number of urea groups is 1. The third kappa shape index (κ3) is 3.45. The van der Waals surface area contributed by atoms with E-state index >= 15 is 0 Å². The fourth-order valence-corrected chi connectivity index (χ4v) is 1.10. The fourth-order valence-electron chi connectivity index (χ4n) is 1.10. The summed E-state index contributed by atoms with van der Waals surface area (Å²) in [5.41, 5.74) is 7.02. The summed E-state index contributed by atoms with van der Waals surface area (Å²) in [7, 11) is 1.34. The summed E-state index contributed by atoms with van der Waals surface area (Å²) in [6, 6.07) is 3.44. The van der Waals surface area contributed by atoms with E-state index in [1.54, 1.807) is 6.07 Å². The molecule has 17 heavy (non-hydrogen) atoms. The lowest BCUT2D eigenvalue weighted by atomic mass is 10.2. The van der Waals surface area contributed by atoms with Crippen LogP contribution in [0.5, 0.6) is 5.75 Å². The molecule has 0 bridgehead atoms. The van der Waals surface area contributed by atoms with Gasteiger partial charge >= 0.3 is 11.7 Å². The van der Waals surface area contributed by atoms with Gasteiger partial charge in [0.2, 0.25) is 0 Å². The highest BCUT2D eigenvalue weighted by atomic mass is 16.6. The first-order chi connectivity index (χ1) is 8.04. The van der Waals surface area contributed by atoms with Gasteiger partial charge in [-0.25, -0.2) is 10.2 Å². The lowest BCUT2D eigenvalue weighted by Crippen LogP contribution is -2.24. The fraction of sp³-hybridized carbons (Fsp3) is 0.111. The van der Waals surface area contributed by atoms with E-state index in [1.165, 1.54) is 25.5 Å². The number of carbonyl (C=O) groups excluding carboxylic acids is 1. The van der Waals surface area contributed by atoms with E-state index in [0.29, 0.717) is 5.56 Å². The molecule has 0 aliphatic rings. The van der Waals surface area contributed by atoms with Crippen molar-refractivity contribution in [3.63, 3.8) is 0 Å². The number of rotatable bonds is 4. The van der Waals surface area contributed by atoms with Gasteiger partial charge in [0.25, 0.3) is 0 Å². The van der Waals surface area contributed by atoms with Gasteiger partial charge in [-0.2, -0.15) is 5.10 Å². The Morgan fingerprint density at radius 1 is 1.65 bits per heavy atom. The van der Waals surface area contributed by atoms with Crippen molar-refractivity contribution in [1.29, 1.82) is 0 Å². The highest BCUT2D eigenvalue weighted by Gasteiger charge is 2.14. The number of nitro groups is 1. The zero-order valence-corrected chi connectivity index (χ0v) is 8.91. The molecular weight excluding hydrogens is 228 g/mol. The van der Waals surface area contributed by atoms with Crippen molar-refractivity contribution in [2.45, 2.75) is 0 Å². The minimum absolute atomic E-state index is 0.148. The average Bonchev–Trinajstić information content (AvgIpc) is 2.28. The molecule has 0 radical (unpaired) electrons. The number of primary amides is 1. The number of nitro benzene ring substituents is 1. The minimum atomic E-state index is -0.815. The zero-order chi connectivity index (χ0) is 12.8. The second kappa shape index (κ2) is 5.45. The van der Waals surface area contributed by atoms with E-state index in [4.69, 9.17) is 10.5 Å². The summed E-state index contributed by atoms with van der Waals surface area (Å²) in [6.45, 7) is 0. The van der Waals surface area contributed by atoms with Crippen LogP contribution in [-0.4, -0.2) is 24.3 Å². The molecule has 0 fully saturated rings. The Morgan fingerprint density at radius 3 is 2.88 bits per heavy atom. The molecular formula is C9H10N4O4. The molecule has 1 aromatic rings. The molecule has 0 saturated carbocycles. The predicted molar refractivity (Wildman–Crippen MR) is 60.0 cm³/mol. The van der Waals surface area contributed by atoms with Crippen LogP contribution < -0.4 is 15.9 Å². The van der Waals surface area contributed by atoms with E-state index < -0.39 is 11.0 Å². The molecule has 0 atom stereocenters. The van der Waals surface area contributed by atoms with E-state index in [1.807, 2.05) is 5.43 Å². The maximum atomic E-state index is 10.7. The number of nitrogens with zero attached hydrogens (tertiary/aromatic N) is 2. The topological polar surface area (TPSA) is 120 Å². The van der Waals surface area contributed by atoms with Crippen molar-refractivity contribution >= 4 is 17.9 Å². The Balaban J connectivity index is 2.96. The highest BCUT2D eigenvalue weighted by molar-refractivity contribution is 5.83. The van der Waals surface area contributed by atoms with Crippen molar-refractivity contribution in [2.75, 3.05) is 7.11 Å². The minimum Gasteiger partial charge on any atom is -0.490 e. The number of hydrazone groups is 1. The second-order valence-electron chi connectivity index (χ2n) is 2.92. The number of hydrogen-bond acceptors (Lipinski definition) is 5. The first kappa shape index (κ1) is 12.4. The molecule has 0 unspecified atom stereocenters. The van der Waals surface area contributed by atoms with Gasteiger partial charge in [-0.15, -0.1) is 0 Å². The summed E-state index contributed by atoms with van der Waals surface area (Å²) in [4.78, 5) is 20.5. The zero-order valence-electron chi connectivity index (χ0n) is 8.91. The molecule has 0 aliphatic carbocycles. The number of benzene rings is 1. The third-order valence-electron chi connectivity index (χ3n) is 1.79. The number of carbonyl (C=O) groups is 1. The summed E-state index contributed by atoms with van der Waals surface area (Å²) in [5, 5.41) is 14.2. The molecule has 90 valence electrons. The van der Waals surface area contributed by atoms with E-state index in [2.05, 4.69) is 5.10 Å². The Hall–Kier alpha value is -2.64. The quantitative estimate of drug-likeness (QED) is 0.453. The SMILES string of the molecule is COc1ccc(/C=N\NC(N)=O)cc1[N+](=O)[O-]. The van der Waals surface area contributed by atoms with Crippen molar-refractivity contribution in [2.24, 2.45) is 10.8 Å². The lowest BCUT2D eigenvalue weighted by Gasteiger charge is -2.01.